The van der Waals surface area contributed by atoms with Crippen LogP contribution in [0.5, 0.6) is 0 Å². The Balaban J connectivity index is 0.00000162. The van der Waals surface area contributed by atoms with Gasteiger partial charge in [-0.25, -0.2) is 4.39 Å². The number of carbonyl (C=O) groups is 1. The molecule has 0 saturated carbocycles. The molecule has 5 heteroatoms. The largest absolute Gasteiger partial charge is 0.334 e. The van der Waals surface area contributed by atoms with E-state index in [4.69, 9.17) is 5.73 Å². The fraction of sp³-hybridized carbons (Fsp3) is 0.462. The van der Waals surface area contributed by atoms with E-state index in [1.54, 1.807) is 17.0 Å². The average molecular weight is 273 g/mol. The van der Waals surface area contributed by atoms with Crippen LogP contribution in [-0.4, -0.2) is 29.9 Å². The van der Waals surface area contributed by atoms with Gasteiger partial charge in [-0.1, -0.05) is 6.07 Å². The number of rotatable bonds is 2. The van der Waals surface area contributed by atoms with Crippen LogP contribution in [-0.2, 0) is 0 Å². The number of nitrogens with two attached hydrogens (primary N) is 1. The molecule has 1 unspecified atom stereocenters. The van der Waals surface area contributed by atoms with Crippen LogP contribution in [0, 0.1) is 5.82 Å². The van der Waals surface area contributed by atoms with E-state index in [1.165, 1.54) is 12.1 Å². The molecule has 1 fully saturated rings. The van der Waals surface area contributed by atoms with Gasteiger partial charge in [0.05, 0.1) is 0 Å². The summed E-state index contributed by atoms with van der Waals surface area (Å²) in [6.07, 6.45) is 3.05. The first kappa shape index (κ1) is 14.9. The van der Waals surface area contributed by atoms with Crippen molar-refractivity contribution in [3.63, 3.8) is 0 Å². The Hall–Kier alpha value is -1.13. The van der Waals surface area contributed by atoms with Gasteiger partial charge in [-0.2, -0.15) is 0 Å². The summed E-state index contributed by atoms with van der Waals surface area (Å²) in [7, 11) is 0. The first-order valence-corrected chi connectivity index (χ1v) is 5.99. The number of likely N-dealkylation sites (tertiary alicyclic amines) is 1. The number of hydrogen-bond acceptors (Lipinski definition) is 2. The molecule has 1 aromatic rings. The van der Waals surface area contributed by atoms with E-state index < -0.39 is 0 Å². The third kappa shape index (κ3) is 3.21. The first-order valence-electron chi connectivity index (χ1n) is 5.99. The molecule has 2 N–H and O–H groups in total. The maximum atomic E-state index is 13.1. The Kier molecular flexibility index (Phi) is 5.56. The maximum Gasteiger partial charge on any atom is 0.254 e. The Bertz CT molecular complexity index is 414. The van der Waals surface area contributed by atoms with Crippen molar-refractivity contribution in [1.82, 2.24) is 4.90 Å². The highest BCUT2D eigenvalue weighted by Crippen LogP contribution is 2.19. The Morgan fingerprint density at radius 1 is 1.44 bits per heavy atom. The number of halogens is 2. The lowest BCUT2D eigenvalue weighted by Gasteiger charge is -2.35. The Morgan fingerprint density at radius 2 is 2.22 bits per heavy atom. The molecular formula is C13H18ClFN2O. The monoisotopic (exact) mass is 272 g/mol. The molecule has 1 atom stereocenters. The SMILES string of the molecule is Cl.NCC1CCCCN1C(=O)c1cccc(F)c1. The number of amides is 1. The van der Waals surface area contributed by atoms with Crippen LogP contribution in [0.3, 0.4) is 0 Å². The molecule has 2 rings (SSSR count). The highest BCUT2D eigenvalue weighted by Gasteiger charge is 2.26. The Labute approximate surface area is 113 Å². The van der Waals surface area contributed by atoms with E-state index in [2.05, 4.69) is 0 Å². The van der Waals surface area contributed by atoms with Gasteiger partial charge in [-0.3, -0.25) is 4.79 Å². The molecule has 1 aliphatic heterocycles. The van der Waals surface area contributed by atoms with Crippen LogP contribution >= 0.6 is 12.4 Å². The third-order valence-corrected chi connectivity index (χ3v) is 3.23. The van der Waals surface area contributed by atoms with Gasteiger partial charge in [0, 0.05) is 24.7 Å². The molecule has 1 aliphatic rings. The molecule has 1 amide bonds. The van der Waals surface area contributed by atoms with Crippen molar-refractivity contribution >= 4 is 18.3 Å². The fourth-order valence-corrected chi connectivity index (χ4v) is 2.30. The van der Waals surface area contributed by atoms with Gasteiger partial charge in [0.2, 0.25) is 0 Å². The van der Waals surface area contributed by atoms with E-state index in [0.717, 1.165) is 25.8 Å². The minimum atomic E-state index is -0.378. The highest BCUT2D eigenvalue weighted by atomic mass is 35.5. The summed E-state index contributed by atoms with van der Waals surface area (Å²) in [4.78, 5) is 14.0. The summed E-state index contributed by atoms with van der Waals surface area (Å²) in [5, 5.41) is 0. The summed E-state index contributed by atoms with van der Waals surface area (Å²) in [5.41, 5.74) is 6.08. The number of hydrogen-bond donors (Lipinski definition) is 1. The number of piperidine rings is 1. The molecule has 0 radical (unpaired) electrons. The van der Waals surface area contributed by atoms with E-state index in [9.17, 15) is 9.18 Å². The fourth-order valence-electron chi connectivity index (χ4n) is 2.30. The van der Waals surface area contributed by atoms with Crippen molar-refractivity contribution in [2.75, 3.05) is 13.1 Å². The van der Waals surface area contributed by atoms with Gasteiger partial charge >= 0.3 is 0 Å². The molecule has 1 saturated heterocycles. The topological polar surface area (TPSA) is 46.3 Å². The summed E-state index contributed by atoms with van der Waals surface area (Å²) in [6.45, 7) is 1.19. The zero-order chi connectivity index (χ0) is 12.3. The average Bonchev–Trinajstić information content (AvgIpc) is 2.38. The molecular weight excluding hydrogens is 255 g/mol. The van der Waals surface area contributed by atoms with Gasteiger partial charge in [0.1, 0.15) is 5.82 Å². The third-order valence-electron chi connectivity index (χ3n) is 3.23. The van der Waals surface area contributed by atoms with Gasteiger partial charge in [0.15, 0.2) is 0 Å². The zero-order valence-corrected chi connectivity index (χ0v) is 11.0. The minimum absolute atomic E-state index is 0. The smallest absolute Gasteiger partial charge is 0.254 e. The molecule has 1 heterocycles. The quantitative estimate of drug-likeness (QED) is 0.897. The summed E-state index contributed by atoms with van der Waals surface area (Å²) < 4.78 is 13.1. The van der Waals surface area contributed by atoms with Crippen molar-refractivity contribution in [3.05, 3.63) is 35.6 Å². The zero-order valence-electron chi connectivity index (χ0n) is 10.1. The molecule has 0 bridgehead atoms. The van der Waals surface area contributed by atoms with E-state index >= 15 is 0 Å². The van der Waals surface area contributed by atoms with E-state index in [0.29, 0.717) is 12.1 Å². The second-order valence-electron chi connectivity index (χ2n) is 4.39. The lowest BCUT2D eigenvalue weighted by Crippen LogP contribution is -2.47. The van der Waals surface area contributed by atoms with Gasteiger partial charge < -0.3 is 10.6 Å². The molecule has 3 nitrogen and oxygen atoms in total. The van der Waals surface area contributed by atoms with Crippen molar-refractivity contribution < 1.29 is 9.18 Å². The second kappa shape index (κ2) is 6.71. The lowest BCUT2D eigenvalue weighted by molar-refractivity contribution is 0.0623. The standard InChI is InChI=1S/C13H17FN2O.ClH/c14-11-5-3-4-10(8-11)13(17)16-7-2-1-6-12(16)9-15;/h3-5,8,12H,1-2,6-7,9,15H2;1H. The van der Waals surface area contributed by atoms with Crippen molar-refractivity contribution in [3.8, 4) is 0 Å². The van der Waals surface area contributed by atoms with Crippen molar-refractivity contribution in [2.45, 2.75) is 25.3 Å². The number of nitrogens with zero attached hydrogens (tertiary/aromatic N) is 1. The molecule has 1 aromatic carbocycles. The van der Waals surface area contributed by atoms with E-state index in [-0.39, 0.29) is 30.2 Å². The van der Waals surface area contributed by atoms with Crippen molar-refractivity contribution in [1.29, 1.82) is 0 Å². The van der Waals surface area contributed by atoms with Crippen LogP contribution in [0.1, 0.15) is 29.6 Å². The normalized spacial score (nSPS) is 19.2. The second-order valence-corrected chi connectivity index (χ2v) is 4.39. The number of carbonyl (C=O) groups excluding carboxylic acids is 1. The summed E-state index contributed by atoms with van der Waals surface area (Å²) in [6, 6.07) is 5.93. The van der Waals surface area contributed by atoms with Crippen LogP contribution in [0.4, 0.5) is 4.39 Å². The molecule has 0 spiro atoms. The predicted molar refractivity (Wildman–Crippen MR) is 71.4 cm³/mol. The summed E-state index contributed by atoms with van der Waals surface area (Å²) in [5.74, 6) is -0.489. The highest BCUT2D eigenvalue weighted by molar-refractivity contribution is 5.94. The first-order chi connectivity index (χ1) is 8.22. The minimum Gasteiger partial charge on any atom is -0.334 e. The van der Waals surface area contributed by atoms with Gasteiger partial charge in [-0.15, -0.1) is 12.4 Å². The number of benzene rings is 1. The Morgan fingerprint density at radius 3 is 2.89 bits per heavy atom. The molecule has 0 aromatic heterocycles. The van der Waals surface area contributed by atoms with Crippen LogP contribution < -0.4 is 5.73 Å². The molecule has 0 aliphatic carbocycles. The van der Waals surface area contributed by atoms with Crippen molar-refractivity contribution in [2.24, 2.45) is 5.73 Å². The summed E-state index contributed by atoms with van der Waals surface area (Å²) >= 11 is 0. The van der Waals surface area contributed by atoms with Crippen LogP contribution in [0.25, 0.3) is 0 Å². The lowest BCUT2D eigenvalue weighted by atomic mass is 10.0. The van der Waals surface area contributed by atoms with Gasteiger partial charge in [-0.05, 0) is 37.5 Å². The predicted octanol–water partition coefficient (Wildman–Crippen LogP) is 2.20. The van der Waals surface area contributed by atoms with Crippen LogP contribution in [0.2, 0.25) is 0 Å². The van der Waals surface area contributed by atoms with E-state index in [1.807, 2.05) is 0 Å². The van der Waals surface area contributed by atoms with Gasteiger partial charge in [0.25, 0.3) is 5.91 Å². The molecule has 18 heavy (non-hydrogen) atoms. The van der Waals surface area contributed by atoms with Crippen LogP contribution in [0.15, 0.2) is 24.3 Å². The maximum absolute atomic E-state index is 13.1. The molecule has 100 valence electrons.